The van der Waals surface area contributed by atoms with Gasteiger partial charge in [0, 0.05) is 36.4 Å². The number of anilines is 1. The monoisotopic (exact) mass is 349 g/mol. The van der Waals surface area contributed by atoms with Crippen molar-refractivity contribution in [3.05, 3.63) is 53.9 Å². The molecule has 0 aromatic carbocycles. The first kappa shape index (κ1) is 16.5. The number of imidazole rings is 1. The molecule has 7 nitrogen and oxygen atoms in total. The van der Waals surface area contributed by atoms with Crippen LogP contribution in [-0.2, 0) is 0 Å². The molecular weight excluding hydrogens is 326 g/mol. The minimum Gasteiger partial charge on any atom is -0.361 e. The van der Waals surface area contributed by atoms with Gasteiger partial charge in [0.05, 0.1) is 17.4 Å². The first-order valence-electron chi connectivity index (χ1n) is 8.98. The summed E-state index contributed by atoms with van der Waals surface area (Å²) in [7, 11) is 0. The molecule has 4 heterocycles. The van der Waals surface area contributed by atoms with Crippen molar-refractivity contribution >= 4 is 17.2 Å². The molecule has 7 heteroatoms. The standard InChI is InChI=1S/C19H23N7/c1-5-14(16-11-25-8-6-7-20-19(25)23-16)21-18-10-15(12(2)3)22-17-9-13(4)24-26(17)18/h6-12,14,21H,5H2,1-4H3/t14-/m1/s1. The number of hydrogen-bond acceptors (Lipinski definition) is 5. The topological polar surface area (TPSA) is 72.4 Å². The van der Waals surface area contributed by atoms with E-state index in [0.717, 1.165) is 35.0 Å². The van der Waals surface area contributed by atoms with Crippen LogP contribution in [0.25, 0.3) is 11.4 Å². The minimum atomic E-state index is 0.0619. The van der Waals surface area contributed by atoms with Gasteiger partial charge in [-0.15, -0.1) is 0 Å². The van der Waals surface area contributed by atoms with Crippen LogP contribution in [0.5, 0.6) is 0 Å². The first-order valence-corrected chi connectivity index (χ1v) is 8.98. The lowest BCUT2D eigenvalue weighted by atomic mass is 10.1. The fraction of sp³-hybridized carbons (Fsp3) is 0.368. The van der Waals surface area contributed by atoms with Gasteiger partial charge in [0.15, 0.2) is 5.65 Å². The average molecular weight is 349 g/mol. The highest BCUT2D eigenvalue weighted by Crippen LogP contribution is 2.25. The SMILES string of the molecule is CC[C@@H](Nc1cc(C(C)C)nc2cc(C)nn12)c1cn2cccnc2n1. The van der Waals surface area contributed by atoms with E-state index in [9.17, 15) is 0 Å². The van der Waals surface area contributed by atoms with Crippen LogP contribution in [0.4, 0.5) is 5.82 Å². The van der Waals surface area contributed by atoms with Crippen LogP contribution in [0.3, 0.4) is 0 Å². The van der Waals surface area contributed by atoms with Crippen molar-refractivity contribution in [1.29, 1.82) is 0 Å². The normalized spacial score (nSPS) is 13.0. The second-order valence-electron chi connectivity index (χ2n) is 6.87. The highest BCUT2D eigenvalue weighted by molar-refractivity contribution is 5.52. The molecule has 0 aliphatic carbocycles. The second kappa shape index (κ2) is 6.40. The Balaban J connectivity index is 1.76. The largest absolute Gasteiger partial charge is 0.361 e. The number of nitrogens with zero attached hydrogens (tertiary/aromatic N) is 6. The van der Waals surface area contributed by atoms with E-state index in [1.165, 1.54) is 0 Å². The van der Waals surface area contributed by atoms with Crippen molar-refractivity contribution in [2.24, 2.45) is 0 Å². The van der Waals surface area contributed by atoms with E-state index in [0.29, 0.717) is 11.7 Å². The number of hydrogen-bond donors (Lipinski definition) is 1. The molecular formula is C19H23N7. The van der Waals surface area contributed by atoms with Crippen LogP contribution in [-0.4, -0.2) is 29.0 Å². The summed E-state index contributed by atoms with van der Waals surface area (Å²) in [4.78, 5) is 13.7. The van der Waals surface area contributed by atoms with E-state index in [-0.39, 0.29) is 6.04 Å². The third-order valence-electron chi connectivity index (χ3n) is 4.50. The number of nitrogens with one attached hydrogen (secondary N) is 1. The van der Waals surface area contributed by atoms with Crippen LogP contribution in [0.15, 0.2) is 36.8 Å². The maximum atomic E-state index is 4.73. The zero-order valence-corrected chi connectivity index (χ0v) is 15.5. The third-order valence-corrected chi connectivity index (χ3v) is 4.50. The summed E-state index contributed by atoms with van der Waals surface area (Å²) in [6, 6.07) is 6.06. The molecule has 0 unspecified atom stereocenters. The Hall–Kier alpha value is -2.96. The highest BCUT2D eigenvalue weighted by Gasteiger charge is 2.17. The Morgan fingerprint density at radius 2 is 2.00 bits per heavy atom. The Bertz CT molecular complexity index is 1030. The molecule has 1 atom stereocenters. The number of aromatic nitrogens is 6. The fourth-order valence-corrected chi connectivity index (χ4v) is 3.09. The zero-order chi connectivity index (χ0) is 18.3. The third kappa shape index (κ3) is 2.89. The molecule has 0 aliphatic heterocycles. The molecule has 134 valence electrons. The van der Waals surface area contributed by atoms with E-state index < -0.39 is 0 Å². The summed E-state index contributed by atoms with van der Waals surface area (Å²) in [5.74, 6) is 1.99. The first-order chi connectivity index (χ1) is 12.5. The van der Waals surface area contributed by atoms with Crippen molar-refractivity contribution in [1.82, 2.24) is 29.0 Å². The van der Waals surface area contributed by atoms with Gasteiger partial charge < -0.3 is 5.32 Å². The van der Waals surface area contributed by atoms with Gasteiger partial charge in [0.2, 0.25) is 5.78 Å². The van der Waals surface area contributed by atoms with Crippen LogP contribution in [0.2, 0.25) is 0 Å². The van der Waals surface area contributed by atoms with Crippen LogP contribution < -0.4 is 5.32 Å². The summed E-state index contributed by atoms with van der Waals surface area (Å²) >= 11 is 0. The maximum Gasteiger partial charge on any atom is 0.233 e. The Labute approximate surface area is 152 Å². The van der Waals surface area contributed by atoms with Crippen molar-refractivity contribution < 1.29 is 0 Å². The second-order valence-corrected chi connectivity index (χ2v) is 6.87. The highest BCUT2D eigenvalue weighted by atomic mass is 15.3. The smallest absolute Gasteiger partial charge is 0.233 e. The number of aryl methyl sites for hydroxylation is 1. The van der Waals surface area contributed by atoms with E-state index in [2.05, 4.69) is 47.2 Å². The molecule has 4 rings (SSSR count). The zero-order valence-electron chi connectivity index (χ0n) is 15.5. The van der Waals surface area contributed by atoms with E-state index in [1.807, 2.05) is 40.4 Å². The van der Waals surface area contributed by atoms with Crippen molar-refractivity contribution in [2.75, 3.05) is 5.32 Å². The van der Waals surface area contributed by atoms with Gasteiger partial charge in [-0.3, -0.25) is 4.40 Å². The van der Waals surface area contributed by atoms with Gasteiger partial charge in [-0.25, -0.2) is 15.0 Å². The molecule has 0 aliphatic rings. The van der Waals surface area contributed by atoms with Crippen LogP contribution >= 0.6 is 0 Å². The lowest BCUT2D eigenvalue weighted by Gasteiger charge is -2.18. The number of fused-ring (bicyclic) bond motifs is 2. The Kier molecular flexibility index (Phi) is 4.06. The molecule has 0 amide bonds. The van der Waals surface area contributed by atoms with E-state index in [1.54, 1.807) is 6.20 Å². The molecule has 26 heavy (non-hydrogen) atoms. The van der Waals surface area contributed by atoms with Crippen molar-refractivity contribution in [2.45, 2.75) is 46.1 Å². The predicted molar refractivity (Wildman–Crippen MR) is 101 cm³/mol. The van der Waals surface area contributed by atoms with Gasteiger partial charge in [-0.2, -0.15) is 9.61 Å². The molecule has 0 radical (unpaired) electrons. The summed E-state index contributed by atoms with van der Waals surface area (Å²) < 4.78 is 3.82. The fourth-order valence-electron chi connectivity index (χ4n) is 3.09. The van der Waals surface area contributed by atoms with E-state index in [4.69, 9.17) is 4.98 Å². The molecule has 4 aromatic heterocycles. The van der Waals surface area contributed by atoms with Crippen molar-refractivity contribution in [3.63, 3.8) is 0 Å². The van der Waals surface area contributed by atoms with Gasteiger partial charge in [0.1, 0.15) is 5.82 Å². The summed E-state index contributed by atoms with van der Waals surface area (Å²) in [5.41, 5.74) is 3.83. The lowest BCUT2D eigenvalue weighted by Crippen LogP contribution is -2.14. The Morgan fingerprint density at radius 3 is 2.73 bits per heavy atom. The van der Waals surface area contributed by atoms with Crippen molar-refractivity contribution in [3.8, 4) is 0 Å². The molecule has 4 aromatic rings. The minimum absolute atomic E-state index is 0.0619. The summed E-state index contributed by atoms with van der Waals surface area (Å²) in [6.07, 6.45) is 6.64. The molecule has 1 N–H and O–H groups in total. The van der Waals surface area contributed by atoms with Gasteiger partial charge in [0.25, 0.3) is 0 Å². The molecule has 0 spiro atoms. The predicted octanol–water partition coefficient (Wildman–Crippen LogP) is 3.77. The maximum absolute atomic E-state index is 4.73. The van der Waals surface area contributed by atoms with Gasteiger partial charge in [-0.05, 0) is 25.3 Å². The Morgan fingerprint density at radius 1 is 1.15 bits per heavy atom. The van der Waals surface area contributed by atoms with Crippen LogP contribution in [0, 0.1) is 6.92 Å². The lowest BCUT2D eigenvalue weighted by molar-refractivity contribution is 0.712. The van der Waals surface area contributed by atoms with E-state index >= 15 is 0 Å². The molecule has 0 saturated carbocycles. The average Bonchev–Trinajstić information content (AvgIpc) is 3.21. The molecule has 0 fully saturated rings. The summed E-state index contributed by atoms with van der Waals surface area (Å²) in [6.45, 7) is 8.43. The molecule has 0 bridgehead atoms. The summed E-state index contributed by atoms with van der Waals surface area (Å²) in [5, 5.41) is 8.21. The number of rotatable bonds is 5. The molecule has 0 saturated heterocycles. The van der Waals surface area contributed by atoms with Gasteiger partial charge >= 0.3 is 0 Å². The quantitative estimate of drug-likeness (QED) is 0.594. The van der Waals surface area contributed by atoms with Crippen LogP contribution in [0.1, 0.15) is 56.2 Å². The van der Waals surface area contributed by atoms with Gasteiger partial charge in [-0.1, -0.05) is 20.8 Å².